The first kappa shape index (κ1) is 22.9. The zero-order valence-corrected chi connectivity index (χ0v) is 18.8. The molecule has 0 aliphatic carbocycles. The summed E-state index contributed by atoms with van der Waals surface area (Å²) in [7, 11) is 1.29. The number of para-hydroxylation sites is 1. The standard InChI is InChI=1S/C21H18Cl2N4O3S/c1-3-10-27-19(14-9-8-13(22)11-16(14)23)25-26-21(27)31-12-18(28)24-17-7-5-4-6-15(17)20(29)30-2/h3-9,11H,1,10,12H2,2H3,(H,24,28). The van der Waals surface area contributed by atoms with Crippen LogP contribution in [-0.2, 0) is 16.1 Å². The van der Waals surface area contributed by atoms with Crippen molar-refractivity contribution in [3.63, 3.8) is 0 Å². The Labute approximate surface area is 193 Å². The number of amides is 1. The number of rotatable bonds is 8. The Morgan fingerprint density at radius 3 is 2.71 bits per heavy atom. The van der Waals surface area contributed by atoms with Gasteiger partial charge in [0.2, 0.25) is 5.91 Å². The third-order valence-corrected chi connectivity index (χ3v) is 5.65. The summed E-state index contributed by atoms with van der Waals surface area (Å²) >= 11 is 13.5. The van der Waals surface area contributed by atoms with Crippen molar-refractivity contribution in [1.29, 1.82) is 0 Å². The van der Waals surface area contributed by atoms with Crippen molar-refractivity contribution in [2.24, 2.45) is 0 Å². The molecule has 0 atom stereocenters. The molecule has 10 heteroatoms. The summed E-state index contributed by atoms with van der Waals surface area (Å²) in [6.45, 7) is 4.20. The van der Waals surface area contributed by atoms with E-state index in [0.29, 0.717) is 38.8 Å². The van der Waals surface area contributed by atoms with Gasteiger partial charge in [0.25, 0.3) is 0 Å². The molecule has 0 radical (unpaired) electrons. The maximum Gasteiger partial charge on any atom is 0.339 e. The van der Waals surface area contributed by atoms with Gasteiger partial charge in [0.15, 0.2) is 11.0 Å². The predicted molar refractivity (Wildman–Crippen MR) is 123 cm³/mol. The summed E-state index contributed by atoms with van der Waals surface area (Å²) < 4.78 is 6.55. The Bertz CT molecular complexity index is 1130. The Morgan fingerprint density at radius 2 is 2.00 bits per heavy atom. The van der Waals surface area contributed by atoms with Crippen molar-refractivity contribution in [1.82, 2.24) is 14.8 Å². The molecule has 1 amide bonds. The van der Waals surface area contributed by atoms with Crippen molar-refractivity contribution in [2.45, 2.75) is 11.7 Å². The summed E-state index contributed by atoms with van der Waals surface area (Å²) in [6, 6.07) is 11.7. The van der Waals surface area contributed by atoms with Crippen molar-refractivity contribution in [3.05, 3.63) is 70.7 Å². The van der Waals surface area contributed by atoms with E-state index in [2.05, 4.69) is 22.1 Å². The minimum atomic E-state index is -0.529. The number of carbonyl (C=O) groups excluding carboxylic acids is 2. The Balaban J connectivity index is 1.76. The molecule has 0 saturated heterocycles. The van der Waals surface area contributed by atoms with Crippen LogP contribution in [0.3, 0.4) is 0 Å². The molecule has 3 rings (SSSR count). The molecule has 0 aliphatic rings. The van der Waals surface area contributed by atoms with Gasteiger partial charge in [-0.25, -0.2) is 4.79 Å². The number of hydrogen-bond acceptors (Lipinski definition) is 6. The number of allylic oxidation sites excluding steroid dienone is 1. The van der Waals surface area contributed by atoms with Crippen molar-refractivity contribution in [2.75, 3.05) is 18.2 Å². The molecule has 0 aliphatic heterocycles. The van der Waals surface area contributed by atoms with Crippen LogP contribution in [0.2, 0.25) is 10.0 Å². The number of carbonyl (C=O) groups is 2. The van der Waals surface area contributed by atoms with Gasteiger partial charge in [-0.1, -0.05) is 53.2 Å². The van der Waals surface area contributed by atoms with Gasteiger partial charge in [0.05, 0.1) is 29.1 Å². The second kappa shape index (κ2) is 10.5. The van der Waals surface area contributed by atoms with Gasteiger partial charge in [-0.05, 0) is 30.3 Å². The van der Waals surface area contributed by atoms with Gasteiger partial charge in [-0.15, -0.1) is 16.8 Å². The number of esters is 1. The van der Waals surface area contributed by atoms with Crippen LogP contribution in [0.25, 0.3) is 11.4 Å². The number of nitrogens with zero attached hydrogens (tertiary/aromatic N) is 3. The van der Waals surface area contributed by atoms with Gasteiger partial charge in [-0.3, -0.25) is 9.36 Å². The number of benzene rings is 2. The fraction of sp³-hybridized carbons (Fsp3) is 0.143. The number of aromatic nitrogens is 3. The van der Waals surface area contributed by atoms with Crippen LogP contribution in [0, 0.1) is 0 Å². The number of hydrogen-bond donors (Lipinski definition) is 1. The predicted octanol–water partition coefficient (Wildman–Crippen LogP) is 4.96. The van der Waals surface area contributed by atoms with Gasteiger partial charge in [-0.2, -0.15) is 0 Å². The number of nitrogens with one attached hydrogen (secondary N) is 1. The van der Waals surface area contributed by atoms with E-state index >= 15 is 0 Å². The molecule has 0 fully saturated rings. The smallest absolute Gasteiger partial charge is 0.339 e. The van der Waals surface area contributed by atoms with Crippen LogP contribution in [0.4, 0.5) is 5.69 Å². The minimum absolute atomic E-state index is 0.0547. The molecule has 2 aromatic carbocycles. The molecule has 3 aromatic rings. The molecule has 0 bridgehead atoms. The van der Waals surface area contributed by atoms with Crippen LogP contribution in [0.15, 0.2) is 60.3 Å². The molecule has 31 heavy (non-hydrogen) atoms. The average molecular weight is 477 g/mol. The van der Waals surface area contributed by atoms with E-state index < -0.39 is 5.97 Å². The molecule has 1 aromatic heterocycles. The molecule has 0 saturated carbocycles. The number of ether oxygens (including phenoxy) is 1. The second-order valence-electron chi connectivity index (χ2n) is 6.20. The van der Waals surface area contributed by atoms with Crippen molar-refractivity contribution in [3.8, 4) is 11.4 Å². The number of halogens is 2. The maximum atomic E-state index is 12.5. The average Bonchev–Trinajstić information content (AvgIpc) is 3.14. The molecule has 0 unspecified atom stereocenters. The van der Waals surface area contributed by atoms with Gasteiger partial charge < -0.3 is 10.1 Å². The summed E-state index contributed by atoms with van der Waals surface area (Å²) in [4.78, 5) is 24.4. The molecule has 0 spiro atoms. The largest absolute Gasteiger partial charge is 0.465 e. The highest BCUT2D eigenvalue weighted by Gasteiger charge is 2.18. The molecule has 7 nitrogen and oxygen atoms in total. The van der Waals surface area contributed by atoms with Crippen molar-refractivity contribution >= 4 is 52.5 Å². The van der Waals surface area contributed by atoms with E-state index in [0.717, 1.165) is 0 Å². The summed E-state index contributed by atoms with van der Waals surface area (Å²) in [5.41, 5.74) is 1.32. The highest BCUT2D eigenvalue weighted by atomic mass is 35.5. The van der Waals surface area contributed by atoms with Crippen LogP contribution in [0.1, 0.15) is 10.4 Å². The van der Waals surface area contributed by atoms with Crippen LogP contribution >= 0.6 is 35.0 Å². The Kier molecular flexibility index (Phi) is 7.73. The second-order valence-corrected chi connectivity index (χ2v) is 7.99. The molecule has 160 valence electrons. The van der Waals surface area contributed by atoms with E-state index in [1.165, 1.54) is 18.9 Å². The van der Waals surface area contributed by atoms with E-state index in [4.69, 9.17) is 27.9 Å². The zero-order valence-electron chi connectivity index (χ0n) is 16.5. The molecular weight excluding hydrogens is 459 g/mol. The van der Waals surface area contributed by atoms with Crippen LogP contribution in [0.5, 0.6) is 0 Å². The quantitative estimate of drug-likeness (QED) is 0.281. The minimum Gasteiger partial charge on any atom is -0.465 e. The monoisotopic (exact) mass is 476 g/mol. The normalized spacial score (nSPS) is 10.5. The lowest BCUT2D eigenvalue weighted by Gasteiger charge is -2.10. The molecule has 1 N–H and O–H groups in total. The molecule has 1 heterocycles. The van der Waals surface area contributed by atoms with Crippen LogP contribution in [-0.4, -0.2) is 39.5 Å². The number of thioether (sulfide) groups is 1. The topological polar surface area (TPSA) is 86.1 Å². The van der Waals surface area contributed by atoms with Crippen LogP contribution < -0.4 is 5.32 Å². The first-order chi connectivity index (χ1) is 14.9. The summed E-state index contributed by atoms with van der Waals surface area (Å²) in [5, 5.41) is 12.6. The highest BCUT2D eigenvalue weighted by molar-refractivity contribution is 7.99. The third kappa shape index (κ3) is 5.46. The first-order valence-corrected chi connectivity index (χ1v) is 10.8. The Hall–Kier alpha value is -2.81. The number of anilines is 1. The summed E-state index contributed by atoms with van der Waals surface area (Å²) in [6.07, 6.45) is 1.70. The molecular formula is C21H18Cl2N4O3S. The van der Waals surface area contributed by atoms with Gasteiger partial charge in [0, 0.05) is 17.1 Å². The van der Waals surface area contributed by atoms with E-state index in [-0.39, 0.29) is 17.2 Å². The lowest BCUT2D eigenvalue weighted by Crippen LogP contribution is -2.17. The van der Waals surface area contributed by atoms with Gasteiger partial charge in [0.1, 0.15) is 0 Å². The lowest BCUT2D eigenvalue weighted by atomic mass is 10.2. The third-order valence-electron chi connectivity index (χ3n) is 4.14. The van der Waals surface area contributed by atoms with E-state index in [9.17, 15) is 9.59 Å². The van der Waals surface area contributed by atoms with Crippen molar-refractivity contribution < 1.29 is 14.3 Å². The van der Waals surface area contributed by atoms with E-state index in [1.807, 2.05) is 4.57 Å². The first-order valence-electron chi connectivity index (χ1n) is 9.04. The van der Waals surface area contributed by atoms with Gasteiger partial charge >= 0.3 is 5.97 Å². The summed E-state index contributed by atoms with van der Waals surface area (Å²) in [5.74, 6) is -0.237. The van der Waals surface area contributed by atoms with E-state index in [1.54, 1.807) is 48.5 Å². The Morgan fingerprint density at radius 1 is 1.23 bits per heavy atom. The fourth-order valence-corrected chi connectivity index (χ4v) is 4.00. The number of methoxy groups -OCH3 is 1. The highest BCUT2D eigenvalue weighted by Crippen LogP contribution is 2.31. The zero-order chi connectivity index (χ0) is 22.4. The fourth-order valence-electron chi connectivity index (χ4n) is 2.76. The lowest BCUT2D eigenvalue weighted by molar-refractivity contribution is -0.113. The SMILES string of the molecule is C=CCn1c(SCC(=O)Nc2ccccc2C(=O)OC)nnc1-c1ccc(Cl)cc1Cl. The maximum absolute atomic E-state index is 12.5.